The molecule has 1 unspecified atom stereocenters. The summed E-state index contributed by atoms with van der Waals surface area (Å²) in [6.07, 6.45) is 4.80. The summed E-state index contributed by atoms with van der Waals surface area (Å²) in [7, 11) is 0. The molecule has 0 N–H and O–H groups in total. The molecule has 0 aliphatic rings. The lowest BCUT2D eigenvalue weighted by Crippen LogP contribution is -2.07. The molecule has 0 bridgehead atoms. The van der Waals surface area contributed by atoms with E-state index in [0.717, 1.165) is 19.4 Å². The Balaban J connectivity index is 2.20. The van der Waals surface area contributed by atoms with E-state index in [4.69, 9.17) is 4.74 Å². The van der Waals surface area contributed by atoms with Crippen LogP contribution in [0.1, 0.15) is 39.2 Å². The lowest BCUT2D eigenvalue weighted by atomic mass is 10.1. The SMILES string of the molecule is CC(C)=CCCC(C)OCc1ccccc1. The number of rotatable bonds is 6. The summed E-state index contributed by atoms with van der Waals surface area (Å²) >= 11 is 0. The van der Waals surface area contributed by atoms with E-state index < -0.39 is 0 Å². The summed E-state index contributed by atoms with van der Waals surface area (Å²) in [6, 6.07) is 10.3. The molecule has 0 aliphatic heterocycles. The summed E-state index contributed by atoms with van der Waals surface area (Å²) in [5, 5.41) is 0. The first-order valence-corrected chi connectivity index (χ1v) is 5.97. The third kappa shape index (κ3) is 5.72. The average Bonchev–Trinajstić information content (AvgIpc) is 2.27. The van der Waals surface area contributed by atoms with Crippen LogP contribution in [0.2, 0.25) is 0 Å². The molecule has 1 atom stereocenters. The highest BCUT2D eigenvalue weighted by atomic mass is 16.5. The van der Waals surface area contributed by atoms with E-state index in [0.29, 0.717) is 6.10 Å². The monoisotopic (exact) mass is 218 g/mol. The summed E-state index contributed by atoms with van der Waals surface area (Å²) in [5.74, 6) is 0. The molecule has 0 saturated carbocycles. The zero-order valence-electron chi connectivity index (χ0n) is 10.6. The molecular weight excluding hydrogens is 196 g/mol. The molecule has 88 valence electrons. The molecule has 1 nitrogen and oxygen atoms in total. The fraction of sp³-hybridized carbons (Fsp3) is 0.467. The van der Waals surface area contributed by atoms with Crippen molar-refractivity contribution in [1.82, 2.24) is 0 Å². The second-order valence-corrected chi connectivity index (χ2v) is 4.47. The minimum absolute atomic E-state index is 0.329. The van der Waals surface area contributed by atoms with Gasteiger partial charge >= 0.3 is 0 Å². The average molecular weight is 218 g/mol. The molecular formula is C15H22O. The van der Waals surface area contributed by atoms with Crippen molar-refractivity contribution >= 4 is 0 Å². The van der Waals surface area contributed by atoms with Gasteiger partial charge < -0.3 is 4.74 Å². The van der Waals surface area contributed by atoms with E-state index >= 15 is 0 Å². The third-order valence-corrected chi connectivity index (χ3v) is 2.50. The van der Waals surface area contributed by atoms with Crippen molar-refractivity contribution in [3.63, 3.8) is 0 Å². The molecule has 1 aromatic carbocycles. The fourth-order valence-electron chi connectivity index (χ4n) is 1.50. The molecule has 0 saturated heterocycles. The number of hydrogen-bond donors (Lipinski definition) is 0. The van der Waals surface area contributed by atoms with Crippen LogP contribution in [0, 0.1) is 0 Å². The Morgan fingerprint density at radius 1 is 1.25 bits per heavy atom. The van der Waals surface area contributed by atoms with Gasteiger partial charge in [-0.1, -0.05) is 42.0 Å². The molecule has 0 aliphatic carbocycles. The maximum absolute atomic E-state index is 5.78. The second-order valence-electron chi connectivity index (χ2n) is 4.47. The van der Waals surface area contributed by atoms with Crippen molar-refractivity contribution in [2.24, 2.45) is 0 Å². The van der Waals surface area contributed by atoms with Gasteiger partial charge in [-0.2, -0.15) is 0 Å². The first kappa shape index (κ1) is 13.0. The van der Waals surface area contributed by atoms with Crippen LogP contribution in [-0.4, -0.2) is 6.10 Å². The molecule has 1 rings (SSSR count). The Kier molecular flexibility index (Phi) is 5.87. The fourth-order valence-corrected chi connectivity index (χ4v) is 1.50. The van der Waals surface area contributed by atoms with E-state index in [9.17, 15) is 0 Å². The predicted octanol–water partition coefficient (Wildman–Crippen LogP) is 4.34. The van der Waals surface area contributed by atoms with Crippen LogP contribution in [0.4, 0.5) is 0 Å². The smallest absolute Gasteiger partial charge is 0.0720 e. The van der Waals surface area contributed by atoms with Gasteiger partial charge in [-0.15, -0.1) is 0 Å². The van der Waals surface area contributed by atoms with Crippen LogP contribution >= 0.6 is 0 Å². The third-order valence-electron chi connectivity index (χ3n) is 2.50. The molecule has 16 heavy (non-hydrogen) atoms. The summed E-state index contributed by atoms with van der Waals surface area (Å²) in [4.78, 5) is 0. The van der Waals surface area contributed by atoms with Gasteiger partial charge in [0.15, 0.2) is 0 Å². The van der Waals surface area contributed by atoms with E-state index in [1.807, 2.05) is 18.2 Å². The highest BCUT2D eigenvalue weighted by Crippen LogP contribution is 2.08. The van der Waals surface area contributed by atoms with Crippen molar-refractivity contribution in [2.75, 3.05) is 0 Å². The molecule has 1 heteroatoms. The van der Waals surface area contributed by atoms with E-state index in [1.54, 1.807) is 0 Å². The topological polar surface area (TPSA) is 9.23 Å². The molecule has 0 aromatic heterocycles. The largest absolute Gasteiger partial charge is 0.374 e. The van der Waals surface area contributed by atoms with Crippen LogP contribution in [0.25, 0.3) is 0 Å². The predicted molar refractivity (Wildman–Crippen MR) is 69.4 cm³/mol. The summed E-state index contributed by atoms with van der Waals surface area (Å²) in [6.45, 7) is 7.13. The van der Waals surface area contributed by atoms with Gasteiger partial charge in [0.05, 0.1) is 12.7 Å². The van der Waals surface area contributed by atoms with Crippen molar-refractivity contribution in [1.29, 1.82) is 0 Å². The molecule has 0 spiro atoms. The van der Waals surface area contributed by atoms with E-state index in [1.165, 1.54) is 11.1 Å². The van der Waals surface area contributed by atoms with Gasteiger partial charge in [0.1, 0.15) is 0 Å². The van der Waals surface area contributed by atoms with Crippen molar-refractivity contribution < 1.29 is 4.74 Å². The number of hydrogen-bond acceptors (Lipinski definition) is 1. The van der Waals surface area contributed by atoms with Crippen LogP contribution in [0.3, 0.4) is 0 Å². The van der Waals surface area contributed by atoms with Crippen molar-refractivity contribution in [3.8, 4) is 0 Å². The van der Waals surface area contributed by atoms with Crippen LogP contribution in [0.5, 0.6) is 0 Å². The zero-order chi connectivity index (χ0) is 11.8. The van der Waals surface area contributed by atoms with Crippen LogP contribution in [-0.2, 0) is 11.3 Å². The van der Waals surface area contributed by atoms with Gasteiger partial charge in [-0.05, 0) is 39.2 Å². The summed E-state index contributed by atoms with van der Waals surface area (Å²) in [5.41, 5.74) is 2.63. The quantitative estimate of drug-likeness (QED) is 0.645. The Morgan fingerprint density at radius 3 is 2.56 bits per heavy atom. The molecule has 0 fully saturated rings. The first-order valence-electron chi connectivity index (χ1n) is 5.97. The highest BCUT2D eigenvalue weighted by molar-refractivity contribution is 5.13. The molecule has 0 heterocycles. The Hall–Kier alpha value is -1.08. The zero-order valence-corrected chi connectivity index (χ0v) is 10.6. The highest BCUT2D eigenvalue weighted by Gasteiger charge is 2.01. The maximum Gasteiger partial charge on any atom is 0.0720 e. The Bertz CT molecular complexity index is 309. The minimum atomic E-state index is 0.329. The van der Waals surface area contributed by atoms with Gasteiger partial charge in [-0.25, -0.2) is 0 Å². The lowest BCUT2D eigenvalue weighted by molar-refractivity contribution is 0.0482. The molecule has 0 amide bonds. The Labute approximate surface area is 99.1 Å². The summed E-state index contributed by atoms with van der Waals surface area (Å²) < 4.78 is 5.78. The van der Waals surface area contributed by atoms with Crippen LogP contribution in [0.15, 0.2) is 42.0 Å². The first-order chi connectivity index (χ1) is 7.68. The van der Waals surface area contributed by atoms with Gasteiger partial charge in [0.2, 0.25) is 0 Å². The lowest BCUT2D eigenvalue weighted by Gasteiger charge is -2.12. The number of allylic oxidation sites excluding steroid dienone is 2. The Morgan fingerprint density at radius 2 is 1.94 bits per heavy atom. The molecule has 1 aromatic rings. The molecule has 0 radical (unpaired) electrons. The van der Waals surface area contributed by atoms with Crippen molar-refractivity contribution in [3.05, 3.63) is 47.5 Å². The number of benzene rings is 1. The van der Waals surface area contributed by atoms with Gasteiger partial charge in [-0.3, -0.25) is 0 Å². The maximum atomic E-state index is 5.78. The van der Waals surface area contributed by atoms with E-state index in [-0.39, 0.29) is 0 Å². The van der Waals surface area contributed by atoms with Gasteiger partial charge in [0.25, 0.3) is 0 Å². The minimum Gasteiger partial charge on any atom is -0.374 e. The van der Waals surface area contributed by atoms with Crippen molar-refractivity contribution in [2.45, 2.75) is 46.3 Å². The van der Waals surface area contributed by atoms with Gasteiger partial charge in [0, 0.05) is 0 Å². The number of ether oxygens (including phenoxy) is 1. The second kappa shape index (κ2) is 7.24. The normalized spacial score (nSPS) is 12.2. The van der Waals surface area contributed by atoms with Crippen LogP contribution < -0.4 is 0 Å². The standard InChI is InChI=1S/C15H22O/c1-13(2)8-7-9-14(3)16-12-15-10-5-4-6-11-15/h4-6,8,10-11,14H,7,9,12H2,1-3H3. The van der Waals surface area contributed by atoms with E-state index in [2.05, 4.69) is 39.0 Å².